The molecule has 0 fully saturated rings. The standard InChI is InChI=1S/C15H17NOS/c1-15(2)8-11-14(12(17)9-15)18(3)13-7-5-4-6-10(13)16-11/h4-7H,8-9H2,1-3H3/p+1. The zero-order valence-electron chi connectivity index (χ0n) is 11.0. The second-order valence-corrected chi connectivity index (χ2v) is 7.75. The van der Waals surface area contributed by atoms with Crippen LogP contribution in [0.25, 0.3) is 0 Å². The van der Waals surface area contributed by atoms with E-state index in [0.717, 1.165) is 17.0 Å². The van der Waals surface area contributed by atoms with E-state index < -0.39 is 0 Å². The summed E-state index contributed by atoms with van der Waals surface area (Å²) in [7, 11) is -0.0774. The number of fused-ring (bicyclic) bond motifs is 1. The second-order valence-electron chi connectivity index (χ2n) is 5.88. The van der Waals surface area contributed by atoms with Crippen LogP contribution in [0.4, 0.5) is 5.69 Å². The molecule has 1 aliphatic heterocycles. The van der Waals surface area contributed by atoms with Crippen LogP contribution in [0.3, 0.4) is 0 Å². The van der Waals surface area contributed by atoms with Crippen molar-refractivity contribution in [2.24, 2.45) is 5.41 Å². The lowest BCUT2D eigenvalue weighted by Gasteiger charge is -2.33. The highest BCUT2D eigenvalue weighted by molar-refractivity contribution is 8.01. The summed E-state index contributed by atoms with van der Waals surface area (Å²) in [6.45, 7) is 4.34. The van der Waals surface area contributed by atoms with Gasteiger partial charge in [-0.25, -0.2) is 0 Å². The van der Waals surface area contributed by atoms with Gasteiger partial charge in [-0.2, -0.15) is 0 Å². The van der Waals surface area contributed by atoms with E-state index in [1.165, 1.54) is 10.6 Å². The Bertz CT molecular complexity index is 559. The van der Waals surface area contributed by atoms with E-state index >= 15 is 0 Å². The van der Waals surface area contributed by atoms with Gasteiger partial charge in [0, 0.05) is 6.42 Å². The fourth-order valence-corrected chi connectivity index (χ4v) is 4.73. The van der Waals surface area contributed by atoms with Crippen LogP contribution in [0.5, 0.6) is 0 Å². The maximum atomic E-state index is 12.4. The molecule has 1 aliphatic carbocycles. The van der Waals surface area contributed by atoms with E-state index in [2.05, 4.69) is 37.6 Å². The van der Waals surface area contributed by atoms with Gasteiger partial charge in [0.25, 0.3) is 0 Å². The van der Waals surface area contributed by atoms with Crippen LogP contribution in [0.1, 0.15) is 26.7 Å². The summed E-state index contributed by atoms with van der Waals surface area (Å²) in [5, 5.41) is 3.48. The van der Waals surface area contributed by atoms with Crippen LogP contribution in [-0.4, -0.2) is 12.0 Å². The first-order valence-electron chi connectivity index (χ1n) is 6.26. The van der Waals surface area contributed by atoms with Gasteiger partial charge in [-0.15, -0.1) is 0 Å². The van der Waals surface area contributed by atoms with Gasteiger partial charge < -0.3 is 5.32 Å². The SMILES string of the molecule is C[S+]1C2=C(CC(C)(C)CC2=O)Nc2ccccc21. The summed E-state index contributed by atoms with van der Waals surface area (Å²) >= 11 is 0. The monoisotopic (exact) mass is 260 g/mol. The molecule has 0 saturated carbocycles. The largest absolute Gasteiger partial charge is 0.351 e. The number of hydrogen-bond donors (Lipinski definition) is 1. The van der Waals surface area contributed by atoms with Gasteiger partial charge >= 0.3 is 0 Å². The lowest BCUT2D eigenvalue weighted by Crippen LogP contribution is -2.34. The molecule has 0 amide bonds. The van der Waals surface area contributed by atoms with Crippen molar-refractivity contribution in [2.75, 3.05) is 11.6 Å². The number of anilines is 1. The second kappa shape index (κ2) is 3.89. The number of rotatable bonds is 0. The molecular formula is C15H18NOS+. The van der Waals surface area contributed by atoms with E-state index in [4.69, 9.17) is 0 Å². The van der Waals surface area contributed by atoms with Crippen LogP contribution < -0.4 is 5.32 Å². The Morgan fingerprint density at radius 1 is 1.22 bits per heavy atom. The number of benzene rings is 1. The molecule has 0 saturated heterocycles. The van der Waals surface area contributed by atoms with E-state index in [-0.39, 0.29) is 16.3 Å². The predicted molar refractivity (Wildman–Crippen MR) is 76.7 cm³/mol. The van der Waals surface area contributed by atoms with E-state index in [1.807, 2.05) is 12.1 Å². The Morgan fingerprint density at radius 2 is 1.94 bits per heavy atom. The third-order valence-corrected chi connectivity index (χ3v) is 5.73. The molecule has 1 aromatic rings. The maximum absolute atomic E-state index is 12.4. The van der Waals surface area contributed by atoms with Crippen LogP contribution in [0.2, 0.25) is 0 Å². The van der Waals surface area contributed by atoms with Crippen LogP contribution >= 0.6 is 0 Å². The molecular weight excluding hydrogens is 242 g/mol. The molecule has 3 heteroatoms. The van der Waals surface area contributed by atoms with Gasteiger partial charge in [0.15, 0.2) is 4.90 Å². The molecule has 1 heterocycles. The van der Waals surface area contributed by atoms with Gasteiger partial charge in [-0.05, 0) is 24.0 Å². The zero-order chi connectivity index (χ0) is 12.9. The molecule has 3 rings (SSSR count). The highest BCUT2D eigenvalue weighted by atomic mass is 32.2. The van der Waals surface area contributed by atoms with Crippen molar-refractivity contribution in [3.8, 4) is 0 Å². The number of para-hydroxylation sites is 1. The quantitative estimate of drug-likeness (QED) is 0.725. The third kappa shape index (κ3) is 1.77. The average molecular weight is 260 g/mol. The van der Waals surface area contributed by atoms with Crippen molar-refractivity contribution in [3.63, 3.8) is 0 Å². The molecule has 0 bridgehead atoms. The van der Waals surface area contributed by atoms with E-state index in [0.29, 0.717) is 12.2 Å². The minimum atomic E-state index is -0.0774. The summed E-state index contributed by atoms with van der Waals surface area (Å²) in [6.07, 6.45) is 3.82. The summed E-state index contributed by atoms with van der Waals surface area (Å²) in [5.41, 5.74) is 2.41. The first kappa shape index (κ1) is 11.8. The maximum Gasteiger partial charge on any atom is 0.222 e. The van der Waals surface area contributed by atoms with Gasteiger partial charge in [-0.1, -0.05) is 26.0 Å². The molecule has 0 spiro atoms. The highest BCUT2D eigenvalue weighted by Crippen LogP contribution is 2.44. The Labute approximate surface area is 111 Å². The van der Waals surface area contributed by atoms with Gasteiger partial charge in [-0.3, -0.25) is 4.79 Å². The Hall–Kier alpha value is -1.22. The van der Waals surface area contributed by atoms with E-state index in [1.54, 1.807) is 0 Å². The topological polar surface area (TPSA) is 29.1 Å². The van der Waals surface area contributed by atoms with Crippen molar-refractivity contribution < 1.29 is 4.79 Å². The lowest BCUT2D eigenvalue weighted by molar-refractivity contribution is -0.117. The van der Waals surface area contributed by atoms with Crippen LogP contribution in [0.15, 0.2) is 39.8 Å². The molecule has 1 aromatic carbocycles. The first-order chi connectivity index (χ1) is 8.48. The van der Waals surface area contributed by atoms with Crippen LogP contribution in [0, 0.1) is 5.41 Å². The molecule has 2 aliphatic rings. The zero-order valence-corrected chi connectivity index (χ0v) is 11.9. The summed E-state index contributed by atoms with van der Waals surface area (Å²) in [4.78, 5) is 14.7. The fourth-order valence-electron chi connectivity index (χ4n) is 2.87. The predicted octanol–water partition coefficient (Wildman–Crippen LogP) is 3.32. The summed E-state index contributed by atoms with van der Waals surface area (Å²) in [6, 6.07) is 8.33. The smallest absolute Gasteiger partial charge is 0.222 e. The van der Waals surface area contributed by atoms with Crippen molar-refractivity contribution in [1.29, 1.82) is 0 Å². The summed E-state index contributed by atoms with van der Waals surface area (Å²) < 4.78 is 0. The molecule has 1 atom stereocenters. The minimum absolute atomic E-state index is 0.0774. The van der Waals surface area contributed by atoms with E-state index in [9.17, 15) is 4.79 Å². The number of hydrogen-bond acceptors (Lipinski definition) is 2. The Kier molecular flexibility index (Phi) is 2.56. The van der Waals surface area contributed by atoms with Crippen molar-refractivity contribution in [3.05, 3.63) is 34.9 Å². The van der Waals surface area contributed by atoms with Gasteiger partial charge in [0.05, 0.1) is 22.3 Å². The Balaban J connectivity index is 2.10. The number of Topliss-reactive ketones (excluding diaryl/α,β-unsaturated/α-hetero) is 1. The molecule has 0 aromatic heterocycles. The number of carbonyl (C=O) groups excluding carboxylic acids is 1. The highest BCUT2D eigenvalue weighted by Gasteiger charge is 2.44. The van der Waals surface area contributed by atoms with Crippen molar-refractivity contribution in [2.45, 2.75) is 31.6 Å². The first-order valence-corrected chi connectivity index (χ1v) is 7.90. The van der Waals surface area contributed by atoms with Crippen molar-refractivity contribution in [1.82, 2.24) is 0 Å². The minimum Gasteiger partial charge on any atom is -0.351 e. The lowest BCUT2D eigenvalue weighted by atomic mass is 9.78. The number of allylic oxidation sites excluding steroid dienone is 2. The molecule has 18 heavy (non-hydrogen) atoms. The summed E-state index contributed by atoms with van der Waals surface area (Å²) in [5.74, 6) is 0.328. The third-order valence-electron chi connectivity index (χ3n) is 3.63. The number of carbonyl (C=O) groups is 1. The van der Waals surface area contributed by atoms with Crippen LogP contribution in [-0.2, 0) is 15.7 Å². The van der Waals surface area contributed by atoms with Gasteiger partial charge in [0.2, 0.25) is 10.7 Å². The Morgan fingerprint density at radius 3 is 2.72 bits per heavy atom. The van der Waals surface area contributed by atoms with Crippen molar-refractivity contribution >= 4 is 22.4 Å². The normalized spacial score (nSPS) is 25.3. The number of ketones is 1. The molecule has 2 nitrogen and oxygen atoms in total. The molecule has 1 unspecified atom stereocenters. The molecule has 0 radical (unpaired) electrons. The fraction of sp³-hybridized carbons (Fsp3) is 0.400. The average Bonchev–Trinajstić information content (AvgIpc) is 2.26. The number of nitrogens with one attached hydrogen (secondary N) is 1. The molecule has 1 N–H and O–H groups in total. The van der Waals surface area contributed by atoms with Gasteiger partial charge in [0.1, 0.15) is 6.26 Å². The molecule has 94 valence electrons.